The smallest absolute Gasteiger partial charge is 0.270 e. The topological polar surface area (TPSA) is 46.4 Å². The summed E-state index contributed by atoms with van der Waals surface area (Å²) in [5.41, 5.74) is 1.79. The summed E-state index contributed by atoms with van der Waals surface area (Å²) in [6, 6.07) is 3.20. The summed E-state index contributed by atoms with van der Waals surface area (Å²) >= 11 is 0. The number of pyridine rings is 1. The van der Waals surface area contributed by atoms with Crippen LogP contribution in [-0.2, 0) is 6.42 Å². The van der Waals surface area contributed by atoms with Crippen LogP contribution < -0.4 is 5.32 Å². The van der Waals surface area contributed by atoms with Crippen LogP contribution in [0.25, 0.3) is 5.65 Å². The minimum atomic E-state index is -0.368. The summed E-state index contributed by atoms with van der Waals surface area (Å²) in [5, 5.41) is 3.05. The largest absolute Gasteiger partial charge is 0.348 e. The highest BCUT2D eigenvalue weighted by Gasteiger charge is 2.23. The zero-order valence-corrected chi connectivity index (χ0v) is 11.5. The van der Waals surface area contributed by atoms with Gasteiger partial charge in [-0.2, -0.15) is 0 Å². The summed E-state index contributed by atoms with van der Waals surface area (Å²) in [4.78, 5) is 16.9. The van der Waals surface area contributed by atoms with E-state index in [1.165, 1.54) is 12.3 Å². The Morgan fingerprint density at radius 2 is 2.20 bits per heavy atom. The number of amides is 1. The molecule has 0 saturated heterocycles. The van der Waals surface area contributed by atoms with Crippen molar-refractivity contribution in [1.29, 1.82) is 0 Å². The third-order valence-electron chi connectivity index (χ3n) is 3.89. The van der Waals surface area contributed by atoms with Crippen LogP contribution in [0.3, 0.4) is 0 Å². The van der Waals surface area contributed by atoms with Gasteiger partial charge in [0, 0.05) is 12.2 Å². The van der Waals surface area contributed by atoms with Crippen molar-refractivity contribution >= 4 is 11.6 Å². The number of carbonyl (C=O) groups excluding carboxylic acids is 1. The number of aromatic nitrogens is 2. The number of hydrogen-bond acceptors (Lipinski definition) is 2. The highest BCUT2D eigenvalue weighted by Crippen LogP contribution is 2.20. The summed E-state index contributed by atoms with van der Waals surface area (Å²) in [6.45, 7) is 1.95. The maximum absolute atomic E-state index is 13.4. The molecule has 1 N–H and O–H groups in total. The Balaban J connectivity index is 1.99. The highest BCUT2D eigenvalue weighted by molar-refractivity contribution is 5.95. The van der Waals surface area contributed by atoms with Crippen molar-refractivity contribution in [3.05, 3.63) is 35.5 Å². The van der Waals surface area contributed by atoms with E-state index in [1.807, 2.05) is 6.92 Å². The third-order valence-corrected chi connectivity index (χ3v) is 3.89. The molecule has 20 heavy (non-hydrogen) atoms. The molecule has 106 valence electrons. The van der Waals surface area contributed by atoms with Crippen molar-refractivity contribution in [2.75, 3.05) is 0 Å². The maximum Gasteiger partial charge on any atom is 0.270 e. The van der Waals surface area contributed by atoms with Gasteiger partial charge < -0.3 is 5.32 Å². The molecule has 1 fully saturated rings. The van der Waals surface area contributed by atoms with Crippen molar-refractivity contribution in [2.24, 2.45) is 0 Å². The fourth-order valence-electron chi connectivity index (χ4n) is 2.88. The number of halogens is 1. The second-order valence-electron chi connectivity index (χ2n) is 5.29. The minimum Gasteiger partial charge on any atom is -0.348 e. The Morgan fingerprint density at radius 3 is 2.90 bits per heavy atom. The number of fused-ring (bicyclic) bond motifs is 1. The first-order valence-electron chi connectivity index (χ1n) is 7.16. The Kier molecular flexibility index (Phi) is 3.42. The molecule has 1 aliphatic carbocycles. The van der Waals surface area contributed by atoms with Crippen LogP contribution in [0.2, 0.25) is 0 Å². The van der Waals surface area contributed by atoms with Crippen molar-refractivity contribution in [1.82, 2.24) is 14.7 Å². The van der Waals surface area contributed by atoms with Gasteiger partial charge in [-0.15, -0.1) is 0 Å². The van der Waals surface area contributed by atoms with Crippen LogP contribution in [-0.4, -0.2) is 21.3 Å². The van der Waals surface area contributed by atoms with Crippen molar-refractivity contribution in [3.63, 3.8) is 0 Å². The number of aryl methyl sites for hydroxylation is 1. The van der Waals surface area contributed by atoms with Gasteiger partial charge in [0.25, 0.3) is 5.91 Å². The number of nitrogens with zero attached hydrogens (tertiary/aromatic N) is 2. The summed E-state index contributed by atoms with van der Waals surface area (Å²) in [7, 11) is 0. The molecule has 0 aromatic carbocycles. The fraction of sp³-hybridized carbons (Fsp3) is 0.467. The normalized spacial score (nSPS) is 15.9. The van der Waals surface area contributed by atoms with E-state index >= 15 is 0 Å². The van der Waals surface area contributed by atoms with Crippen LogP contribution in [0.5, 0.6) is 0 Å². The molecular weight excluding hydrogens is 257 g/mol. The van der Waals surface area contributed by atoms with Crippen molar-refractivity contribution in [3.8, 4) is 0 Å². The molecule has 2 aromatic rings. The molecule has 4 nitrogen and oxygen atoms in total. The van der Waals surface area contributed by atoms with E-state index in [9.17, 15) is 9.18 Å². The van der Waals surface area contributed by atoms with E-state index in [0.29, 0.717) is 23.5 Å². The van der Waals surface area contributed by atoms with Gasteiger partial charge in [0.1, 0.15) is 17.2 Å². The number of carbonyl (C=O) groups is 1. The Bertz CT molecular complexity index is 644. The van der Waals surface area contributed by atoms with E-state index in [0.717, 1.165) is 25.7 Å². The molecule has 1 aliphatic rings. The standard InChI is InChI=1S/C15H18FN3O/c1-2-12-14(15(20)17-11-5-3-4-6-11)19-9-10(16)7-8-13(19)18-12/h7-9,11H,2-6H2,1H3,(H,17,20). The minimum absolute atomic E-state index is 0.146. The van der Waals surface area contributed by atoms with Gasteiger partial charge in [0.05, 0.1) is 5.69 Å². The molecule has 0 atom stereocenters. The number of rotatable bonds is 3. The second kappa shape index (κ2) is 5.23. The lowest BCUT2D eigenvalue weighted by molar-refractivity contribution is 0.0931. The zero-order valence-electron chi connectivity index (χ0n) is 11.5. The first-order chi connectivity index (χ1) is 9.69. The molecule has 0 radical (unpaired) electrons. The molecule has 2 heterocycles. The molecule has 3 rings (SSSR count). The average molecular weight is 275 g/mol. The first-order valence-corrected chi connectivity index (χ1v) is 7.16. The van der Waals surface area contributed by atoms with E-state index in [1.54, 1.807) is 10.5 Å². The van der Waals surface area contributed by atoms with Crippen LogP contribution in [0.15, 0.2) is 18.3 Å². The monoisotopic (exact) mass is 275 g/mol. The van der Waals surface area contributed by atoms with Crippen LogP contribution >= 0.6 is 0 Å². The van der Waals surface area contributed by atoms with Gasteiger partial charge in [0.2, 0.25) is 0 Å². The number of hydrogen-bond donors (Lipinski definition) is 1. The molecule has 0 spiro atoms. The molecule has 0 unspecified atom stereocenters. The average Bonchev–Trinajstić information content (AvgIpc) is 3.04. The van der Waals surface area contributed by atoms with Gasteiger partial charge in [-0.25, -0.2) is 9.37 Å². The van der Waals surface area contributed by atoms with Gasteiger partial charge in [-0.3, -0.25) is 9.20 Å². The SMILES string of the molecule is CCc1nc2ccc(F)cn2c1C(=O)NC1CCCC1. The lowest BCUT2D eigenvalue weighted by Crippen LogP contribution is -2.34. The van der Waals surface area contributed by atoms with E-state index < -0.39 is 0 Å². The predicted octanol–water partition coefficient (Wildman–Crippen LogP) is 2.71. The van der Waals surface area contributed by atoms with Gasteiger partial charge in [-0.1, -0.05) is 19.8 Å². The van der Waals surface area contributed by atoms with Gasteiger partial charge >= 0.3 is 0 Å². The molecule has 1 saturated carbocycles. The summed E-state index contributed by atoms with van der Waals surface area (Å²) < 4.78 is 15.0. The zero-order chi connectivity index (χ0) is 14.1. The third kappa shape index (κ3) is 2.28. The van der Waals surface area contributed by atoms with E-state index in [4.69, 9.17) is 0 Å². The predicted molar refractivity (Wildman–Crippen MR) is 74.3 cm³/mol. The summed E-state index contributed by atoms with van der Waals surface area (Å²) in [5.74, 6) is -0.515. The molecule has 2 aromatic heterocycles. The fourth-order valence-corrected chi connectivity index (χ4v) is 2.88. The highest BCUT2D eigenvalue weighted by atomic mass is 19.1. The lowest BCUT2D eigenvalue weighted by atomic mass is 10.2. The van der Waals surface area contributed by atoms with E-state index in [2.05, 4.69) is 10.3 Å². The maximum atomic E-state index is 13.4. The van der Waals surface area contributed by atoms with Gasteiger partial charge in [0.15, 0.2) is 0 Å². The first kappa shape index (κ1) is 13.1. The lowest BCUT2D eigenvalue weighted by Gasteiger charge is -2.12. The molecular formula is C15H18FN3O. The van der Waals surface area contributed by atoms with Crippen LogP contribution in [0, 0.1) is 5.82 Å². The number of imidazole rings is 1. The second-order valence-corrected chi connectivity index (χ2v) is 5.29. The molecule has 1 amide bonds. The van der Waals surface area contributed by atoms with Crippen molar-refractivity contribution < 1.29 is 9.18 Å². The van der Waals surface area contributed by atoms with Crippen LogP contribution in [0.4, 0.5) is 4.39 Å². The quantitative estimate of drug-likeness (QED) is 0.936. The Hall–Kier alpha value is -1.91. The molecule has 0 aliphatic heterocycles. The van der Waals surface area contributed by atoms with E-state index in [-0.39, 0.29) is 17.8 Å². The Morgan fingerprint density at radius 1 is 1.45 bits per heavy atom. The van der Waals surface area contributed by atoms with Crippen molar-refractivity contribution in [2.45, 2.75) is 45.1 Å². The summed E-state index contributed by atoms with van der Waals surface area (Å²) in [6.07, 6.45) is 6.35. The number of nitrogens with one attached hydrogen (secondary N) is 1. The van der Waals surface area contributed by atoms with Crippen LogP contribution in [0.1, 0.15) is 48.8 Å². The van der Waals surface area contributed by atoms with Gasteiger partial charge in [-0.05, 0) is 31.4 Å². The molecule has 5 heteroatoms. The Labute approximate surface area is 117 Å². The molecule has 0 bridgehead atoms.